The normalized spacial score (nSPS) is 11.2. The Kier molecular flexibility index (Phi) is 2.79. The van der Waals surface area contributed by atoms with Gasteiger partial charge < -0.3 is 0 Å². The van der Waals surface area contributed by atoms with Crippen LogP contribution in [0.4, 0.5) is 0 Å². The van der Waals surface area contributed by atoms with E-state index in [0.29, 0.717) is 12.0 Å². The Morgan fingerprint density at radius 1 is 1.25 bits per heavy atom. The highest BCUT2D eigenvalue weighted by Gasteiger charge is 2.17. The second-order valence-corrected chi connectivity index (χ2v) is 3.64. The smallest absolute Gasteiger partial charge is 0.0861 e. The van der Waals surface area contributed by atoms with Crippen LogP contribution in [-0.2, 0) is 0 Å². The first kappa shape index (κ1) is 9.17. The molecule has 1 heterocycles. The van der Waals surface area contributed by atoms with Crippen LogP contribution in [0, 0.1) is 0 Å². The summed E-state index contributed by atoms with van der Waals surface area (Å²) in [6.45, 7) is 8.68. The minimum absolute atomic E-state index is 0.448. The molecular weight excluding hydrogens is 148 g/mol. The van der Waals surface area contributed by atoms with E-state index in [0.717, 1.165) is 0 Å². The summed E-state index contributed by atoms with van der Waals surface area (Å²) in [4.78, 5) is 0. The summed E-state index contributed by atoms with van der Waals surface area (Å²) in [5, 5.41) is 4.32. The fraction of sp³-hybridized carbons (Fsp3) is 0.600. The first-order valence-corrected chi connectivity index (χ1v) is 4.49. The molecular formula is C10H17N2+. The maximum atomic E-state index is 4.32. The molecule has 0 saturated heterocycles. The highest BCUT2D eigenvalue weighted by atomic mass is 15.3. The standard InChI is InChI=1S/C10H17N2/c1-8(2)10-6-5-7-11-12(10)9(3)4/h5-9H,1-4H3/q+1. The zero-order chi connectivity index (χ0) is 9.14. The van der Waals surface area contributed by atoms with Crippen molar-refractivity contribution in [3.8, 4) is 0 Å². The third-order valence-corrected chi connectivity index (χ3v) is 1.89. The predicted molar refractivity (Wildman–Crippen MR) is 48.9 cm³/mol. The molecule has 2 heteroatoms. The zero-order valence-electron chi connectivity index (χ0n) is 8.28. The SMILES string of the molecule is CC(C)c1cccn[n+]1C(C)C. The van der Waals surface area contributed by atoms with Crippen LogP contribution in [0.15, 0.2) is 18.3 Å². The largest absolute Gasteiger partial charge is 0.211 e. The summed E-state index contributed by atoms with van der Waals surface area (Å²) in [7, 11) is 0. The molecule has 1 aromatic rings. The van der Waals surface area contributed by atoms with Crippen LogP contribution in [0.2, 0.25) is 0 Å². The van der Waals surface area contributed by atoms with Gasteiger partial charge in [-0.1, -0.05) is 18.5 Å². The summed E-state index contributed by atoms with van der Waals surface area (Å²) < 4.78 is 2.07. The molecule has 0 unspecified atom stereocenters. The number of hydrogen-bond acceptors (Lipinski definition) is 1. The quantitative estimate of drug-likeness (QED) is 0.613. The molecule has 0 aliphatic heterocycles. The van der Waals surface area contributed by atoms with Gasteiger partial charge >= 0.3 is 0 Å². The van der Waals surface area contributed by atoms with Crippen LogP contribution < -0.4 is 4.68 Å². The average Bonchev–Trinajstić information content (AvgIpc) is 2.04. The fourth-order valence-electron chi connectivity index (χ4n) is 1.28. The van der Waals surface area contributed by atoms with E-state index in [-0.39, 0.29) is 0 Å². The summed E-state index contributed by atoms with van der Waals surface area (Å²) >= 11 is 0. The molecule has 0 radical (unpaired) electrons. The maximum Gasteiger partial charge on any atom is 0.211 e. The van der Waals surface area contributed by atoms with Gasteiger partial charge in [-0.25, -0.2) is 0 Å². The second kappa shape index (κ2) is 3.65. The Morgan fingerprint density at radius 3 is 2.33 bits per heavy atom. The third kappa shape index (κ3) is 1.81. The summed E-state index contributed by atoms with van der Waals surface area (Å²) in [6.07, 6.45) is 1.84. The second-order valence-electron chi connectivity index (χ2n) is 3.64. The van der Waals surface area contributed by atoms with E-state index in [1.54, 1.807) is 0 Å². The molecule has 12 heavy (non-hydrogen) atoms. The van der Waals surface area contributed by atoms with Gasteiger partial charge in [-0.2, -0.15) is 0 Å². The molecule has 0 atom stereocenters. The maximum absolute atomic E-state index is 4.32. The van der Waals surface area contributed by atoms with Crippen molar-refractivity contribution in [2.24, 2.45) is 0 Å². The Bertz CT molecular complexity index is 227. The molecule has 0 amide bonds. The lowest BCUT2D eigenvalue weighted by Crippen LogP contribution is -2.44. The van der Waals surface area contributed by atoms with Gasteiger partial charge in [0.25, 0.3) is 0 Å². The van der Waals surface area contributed by atoms with E-state index in [1.165, 1.54) is 5.69 Å². The van der Waals surface area contributed by atoms with Crippen molar-refractivity contribution >= 4 is 0 Å². The van der Waals surface area contributed by atoms with E-state index in [1.807, 2.05) is 12.3 Å². The van der Waals surface area contributed by atoms with Crippen LogP contribution in [0.5, 0.6) is 0 Å². The summed E-state index contributed by atoms with van der Waals surface area (Å²) in [5.74, 6) is 0.543. The molecule has 0 aliphatic carbocycles. The molecule has 0 spiro atoms. The van der Waals surface area contributed by atoms with Crippen molar-refractivity contribution < 1.29 is 4.68 Å². The molecule has 0 aromatic carbocycles. The van der Waals surface area contributed by atoms with Gasteiger partial charge in [0.2, 0.25) is 5.69 Å². The van der Waals surface area contributed by atoms with Crippen LogP contribution in [0.25, 0.3) is 0 Å². The van der Waals surface area contributed by atoms with Gasteiger partial charge in [0.15, 0.2) is 6.04 Å². The summed E-state index contributed by atoms with van der Waals surface area (Å²) in [6, 6.07) is 4.58. The molecule has 0 saturated carbocycles. The van der Waals surface area contributed by atoms with Gasteiger partial charge in [0.1, 0.15) is 0 Å². The molecule has 1 rings (SSSR count). The van der Waals surface area contributed by atoms with Gasteiger partial charge in [-0.3, -0.25) is 0 Å². The van der Waals surface area contributed by atoms with Crippen molar-refractivity contribution in [1.29, 1.82) is 0 Å². The molecule has 2 nitrogen and oxygen atoms in total. The molecule has 0 aliphatic rings. The Balaban J connectivity index is 3.09. The molecule has 0 fully saturated rings. The van der Waals surface area contributed by atoms with Crippen LogP contribution in [0.1, 0.15) is 45.3 Å². The van der Waals surface area contributed by atoms with E-state index in [9.17, 15) is 0 Å². The van der Waals surface area contributed by atoms with Crippen molar-refractivity contribution in [3.05, 3.63) is 24.0 Å². The lowest BCUT2D eigenvalue weighted by molar-refractivity contribution is -0.778. The topological polar surface area (TPSA) is 16.8 Å². The number of hydrogen-bond donors (Lipinski definition) is 0. The minimum Gasteiger partial charge on any atom is -0.0861 e. The van der Waals surface area contributed by atoms with E-state index in [4.69, 9.17) is 0 Å². The van der Waals surface area contributed by atoms with Crippen LogP contribution in [-0.4, -0.2) is 5.10 Å². The minimum atomic E-state index is 0.448. The van der Waals surface area contributed by atoms with Gasteiger partial charge in [-0.15, -0.1) is 0 Å². The Labute approximate surface area is 74.2 Å². The van der Waals surface area contributed by atoms with Gasteiger partial charge in [0, 0.05) is 12.0 Å². The molecule has 66 valence electrons. The summed E-state index contributed by atoms with van der Waals surface area (Å²) in [5.41, 5.74) is 1.30. The van der Waals surface area contributed by atoms with Crippen molar-refractivity contribution in [1.82, 2.24) is 5.10 Å². The number of aromatic nitrogens is 2. The van der Waals surface area contributed by atoms with Crippen molar-refractivity contribution in [2.45, 2.75) is 39.7 Å². The monoisotopic (exact) mass is 165 g/mol. The van der Waals surface area contributed by atoms with Crippen molar-refractivity contribution in [2.75, 3.05) is 0 Å². The number of rotatable bonds is 2. The van der Waals surface area contributed by atoms with E-state index < -0.39 is 0 Å². The predicted octanol–water partition coefficient (Wildman–Crippen LogP) is 2.07. The number of nitrogens with zero attached hydrogens (tertiary/aromatic N) is 2. The lowest BCUT2D eigenvalue weighted by atomic mass is 10.1. The first-order valence-electron chi connectivity index (χ1n) is 4.49. The molecule has 1 aromatic heterocycles. The Hall–Kier alpha value is -0.920. The zero-order valence-corrected chi connectivity index (χ0v) is 8.28. The van der Waals surface area contributed by atoms with Crippen LogP contribution in [0.3, 0.4) is 0 Å². The van der Waals surface area contributed by atoms with Crippen LogP contribution >= 0.6 is 0 Å². The highest BCUT2D eigenvalue weighted by molar-refractivity contribution is 4.98. The van der Waals surface area contributed by atoms with E-state index >= 15 is 0 Å². The van der Waals surface area contributed by atoms with Gasteiger partial charge in [-0.05, 0) is 25.0 Å². The fourth-order valence-corrected chi connectivity index (χ4v) is 1.28. The third-order valence-electron chi connectivity index (χ3n) is 1.89. The lowest BCUT2D eigenvalue weighted by Gasteiger charge is -2.05. The Morgan fingerprint density at radius 2 is 1.92 bits per heavy atom. The highest BCUT2D eigenvalue weighted by Crippen LogP contribution is 2.09. The van der Waals surface area contributed by atoms with Gasteiger partial charge in [0.05, 0.1) is 6.20 Å². The average molecular weight is 165 g/mol. The van der Waals surface area contributed by atoms with E-state index in [2.05, 4.69) is 43.5 Å². The molecule has 0 N–H and O–H groups in total. The first-order chi connectivity index (χ1) is 5.63. The molecule has 0 bridgehead atoms. The van der Waals surface area contributed by atoms with Crippen molar-refractivity contribution in [3.63, 3.8) is 0 Å².